The van der Waals surface area contributed by atoms with E-state index < -0.39 is 12.6 Å². The van der Waals surface area contributed by atoms with E-state index in [1.54, 1.807) is 11.5 Å². The molecule has 1 aliphatic rings. The Labute approximate surface area is 206 Å². The van der Waals surface area contributed by atoms with Crippen molar-refractivity contribution < 1.29 is 14.3 Å². The maximum absolute atomic E-state index is 12.9. The first-order valence-electron chi connectivity index (χ1n) is 11.6. The van der Waals surface area contributed by atoms with E-state index in [1.807, 2.05) is 60.7 Å². The number of amides is 1. The van der Waals surface area contributed by atoms with Crippen molar-refractivity contribution in [2.24, 2.45) is 0 Å². The number of nitrogens with zero attached hydrogens (tertiary/aromatic N) is 2. The van der Waals surface area contributed by atoms with Gasteiger partial charge in [-0.05, 0) is 36.5 Å². The van der Waals surface area contributed by atoms with Gasteiger partial charge in [-0.2, -0.15) is 0 Å². The first-order valence-corrected chi connectivity index (χ1v) is 12.4. The van der Waals surface area contributed by atoms with Crippen molar-refractivity contribution in [2.45, 2.75) is 38.8 Å². The van der Waals surface area contributed by atoms with Crippen molar-refractivity contribution in [2.75, 3.05) is 6.61 Å². The minimum absolute atomic E-state index is 0.111. The average Bonchev–Trinajstić information content (AvgIpc) is 3.48. The van der Waals surface area contributed by atoms with Crippen LogP contribution in [0, 0.1) is 6.92 Å². The van der Waals surface area contributed by atoms with E-state index in [2.05, 4.69) is 10.3 Å². The SMILES string of the molecule is Cc1c(C(=O)OCC(=O)N[C@@H](Cc2ccccc2)c2ccccc2)sc2nc3n(c(=O)c12)CCC3. The van der Waals surface area contributed by atoms with E-state index >= 15 is 0 Å². The predicted molar refractivity (Wildman–Crippen MR) is 135 cm³/mol. The number of thiophene rings is 1. The Morgan fingerprint density at radius 2 is 1.83 bits per heavy atom. The molecular weight excluding hydrogens is 462 g/mol. The van der Waals surface area contributed by atoms with Crippen molar-refractivity contribution in [1.29, 1.82) is 0 Å². The van der Waals surface area contributed by atoms with Crippen LogP contribution in [0.4, 0.5) is 0 Å². The van der Waals surface area contributed by atoms with Crippen LogP contribution in [0.15, 0.2) is 65.5 Å². The van der Waals surface area contributed by atoms with Crippen molar-refractivity contribution >= 4 is 33.4 Å². The van der Waals surface area contributed by atoms with Crippen LogP contribution >= 0.6 is 11.3 Å². The van der Waals surface area contributed by atoms with Gasteiger partial charge in [0.2, 0.25) is 0 Å². The normalized spacial score (nSPS) is 13.4. The van der Waals surface area contributed by atoms with Crippen LogP contribution in [0.25, 0.3) is 10.2 Å². The summed E-state index contributed by atoms with van der Waals surface area (Å²) < 4.78 is 7.03. The monoisotopic (exact) mass is 487 g/mol. The summed E-state index contributed by atoms with van der Waals surface area (Å²) >= 11 is 1.15. The second kappa shape index (κ2) is 9.84. The van der Waals surface area contributed by atoms with Crippen LogP contribution in [-0.4, -0.2) is 28.0 Å². The molecule has 4 aromatic rings. The Kier molecular flexibility index (Phi) is 6.46. The van der Waals surface area contributed by atoms with Gasteiger partial charge in [-0.3, -0.25) is 14.2 Å². The van der Waals surface area contributed by atoms with Crippen LogP contribution in [0.2, 0.25) is 0 Å². The van der Waals surface area contributed by atoms with Crippen LogP contribution < -0.4 is 10.9 Å². The summed E-state index contributed by atoms with van der Waals surface area (Å²) in [5, 5.41) is 3.45. The number of ether oxygens (including phenoxy) is 1. The Bertz CT molecular complexity index is 1440. The lowest BCUT2D eigenvalue weighted by Gasteiger charge is -2.19. The third kappa shape index (κ3) is 4.74. The molecule has 35 heavy (non-hydrogen) atoms. The molecule has 5 rings (SSSR count). The molecule has 7 nitrogen and oxygen atoms in total. The summed E-state index contributed by atoms with van der Waals surface area (Å²) in [6.45, 7) is 1.97. The molecule has 0 saturated heterocycles. The number of esters is 1. The maximum atomic E-state index is 12.9. The smallest absolute Gasteiger partial charge is 0.349 e. The average molecular weight is 488 g/mol. The number of carbonyl (C=O) groups is 2. The summed E-state index contributed by atoms with van der Waals surface area (Å²) in [5.74, 6) is -0.253. The van der Waals surface area contributed by atoms with Crippen molar-refractivity contribution in [1.82, 2.24) is 14.9 Å². The molecule has 8 heteroatoms. The molecule has 0 spiro atoms. The fourth-order valence-corrected chi connectivity index (χ4v) is 5.57. The molecule has 1 N–H and O–H groups in total. The number of carbonyl (C=O) groups excluding carboxylic acids is 2. The van der Waals surface area contributed by atoms with Gasteiger partial charge in [-0.25, -0.2) is 9.78 Å². The summed E-state index contributed by atoms with van der Waals surface area (Å²) in [7, 11) is 0. The van der Waals surface area contributed by atoms with Gasteiger partial charge in [-0.15, -0.1) is 11.3 Å². The van der Waals surface area contributed by atoms with Crippen LogP contribution in [0.5, 0.6) is 0 Å². The fraction of sp³-hybridized carbons (Fsp3) is 0.259. The Balaban J connectivity index is 1.29. The number of rotatable bonds is 7. The quantitative estimate of drug-likeness (QED) is 0.399. The molecule has 2 aromatic heterocycles. The molecule has 0 fully saturated rings. The molecule has 1 atom stereocenters. The Hall–Kier alpha value is -3.78. The molecule has 1 amide bonds. The van der Waals surface area contributed by atoms with E-state index in [1.165, 1.54) is 0 Å². The van der Waals surface area contributed by atoms with Gasteiger partial charge in [0.05, 0.1) is 11.4 Å². The molecule has 0 radical (unpaired) electrons. The van der Waals surface area contributed by atoms with Gasteiger partial charge < -0.3 is 10.1 Å². The standard InChI is InChI=1S/C27H25N3O4S/c1-17-23-25(29-21-13-8-14-30(21)26(23)32)35-24(17)27(33)34-16-22(31)28-20(19-11-6-3-7-12-19)15-18-9-4-2-5-10-18/h2-7,9-12,20H,8,13-16H2,1H3,(H,28,31)/t20-/m0/s1. The summed E-state index contributed by atoms with van der Waals surface area (Å²) in [4.78, 5) is 43.9. The Morgan fingerprint density at radius 3 is 2.57 bits per heavy atom. The minimum Gasteiger partial charge on any atom is -0.451 e. The number of aryl methyl sites for hydroxylation is 2. The summed E-state index contributed by atoms with van der Waals surface area (Å²) in [5.41, 5.74) is 2.50. The predicted octanol–water partition coefficient (Wildman–Crippen LogP) is 3.97. The second-order valence-electron chi connectivity index (χ2n) is 8.62. The van der Waals surface area contributed by atoms with E-state index in [-0.39, 0.29) is 17.5 Å². The molecule has 1 aliphatic heterocycles. The highest BCUT2D eigenvalue weighted by atomic mass is 32.1. The number of benzene rings is 2. The van der Waals surface area contributed by atoms with Crippen LogP contribution in [0.1, 0.15) is 44.6 Å². The van der Waals surface area contributed by atoms with E-state index in [9.17, 15) is 14.4 Å². The number of nitrogens with one attached hydrogen (secondary N) is 1. The van der Waals surface area contributed by atoms with Crippen molar-refractivity contribution in [3.05, 3.63) is 98.4 Å². The third-order valence-electron chi connectivity index (χ3n) is 6.25. The van der Waals surface area contributed by atoms with E-state index in [0.29, 0.717) is 33.6 Å². The number of hydrogen-bond donors (Lipinski definition) is 1. The van der Waals surface area contributed by atoms with Crippen molar-refractivity contribution in [3.8, 4) is 0 Å². The first kappa shape index (κ1) is 23.0. The zero-order chi connectivity index (χ0) is 24.4. The Morgan fingerprint density at radius 1 is 1.11 bits per heavy atom. The molecule has 178 valence electrons. The molecule has 0 bridgehead atoms. The van der Waals surface area contributed by atoms with Crippen LogP contribution in [-0.2, 0) is 28.9 Å². The number of aromatic nitrogens is 2. The van der Waals surface area contributed by atoms with Gasteiger partial charge in [0.1, 0.15) is 15.5 Å². The largest absolute Gasteiger partial charge is 0.451 e. The molecule has 0 aliphatic carbocycles. The van der Waals surface area contributed by atoms with Gasteiger partial charge in [0.25, 0.3) is 11.5 Å². The number of fused-ring (bicyclic) bond motifs is 2. The highest BCUT2D eigenvalue weighted by molar-refractivity contribution is 7.20. The van der Waals surface area contributed by atoms with E-state index in [0.717, 1.165) is 41.1 Å². The molecule has 3 heterocycles. The summed E-state index contributed by atoms with van der Waals surface area (Å²) in [6.07, 6.45) is 2.27. The second-order valence-corrected chi connectivity index (χ2v) is 9.62. The lowest BCUT2D eigenvalue weighted by Crippen LogP contribution is -2.33. The lowest BCUT2D eigenvalue weighted by atomic mass is 9.99. The van der Waals surface area contributed by atoms with Gasteiger partial charge in [0, 0.05) is 13.0 Å². The molecule has 0 saturated carbocycles. The van der Waals surface area contributed by atoms with Crippen molar-refractivity contribution in [3.63, 3.8) is 0 Å². The van der Waals surface area contributed by atoms with Gasteiger partial charge in [0.15, 0.2) is 6.61 Å². The van der Waals surface area contributed by atoms with Crippen LogP contribution in [0.3, 0.4) is 0 Å². The fourth-order valence-electron chi connectivity index (χ4n) is 4.49. The summed E-state index contributed by atoms with van der Waals surface area (Å²) in [6, 6.07) is 19.3. The first-order chi connectivity index (χ1) is 17.0. The zero-order valence-electron chi connectivity index (χ0n) is 19.3. The zero-order valence-corrected chi connectivity index (χ0v) is 20.1. The third-order valence-corrected chi connectivity index (χ3v) is 7.42. The van der Waals surface area contributed by atoms with Gasteiger partial charge in [-0.1, -0.05) is 60.7 Å². The molecule has 2 aromatic carbocycles. The topological polar surface area (TPSA) is 90.3 Å². The van der Waals surface area contributed by atoms with E-state index in [4.69, 9.17) is 4.74 Å². The highest BCUT2D eigenvalue weighted by Crippen LogP contribution is 2.29. The lowest BCUT2D eigenvalue weighted by molar-refractivity contribution is -0.125. The maximum Gasteiger partial charge on any atom is 0.349 e. The molecular formula is C27H25N3O4S. The highest BCUT2D eigenvalue weighted by Gasteiger charge is 2.25. The molecule has 0 unspecified atom stereocenters. The minimum atomic E-state index is -0.621. The van der Waals surface area contributed by atoms with Gasteiger partial charge >= 0.3 is 5.97 Å². The number of hydrogen-bond acceptors (Lipinski definition) is 6.